The number of rotatable bonds is 12. The zero-order valence-corrected chi connectivity index (χ0v) is 11.8. The molecule has 0 aromatic carbocycles. The number of allylic oxidation sites excluding steroid dienone is 2. The van der Waals surface area contributed by atoms with E-state index in [9.17, 15) is 9.59 Å². The molecule has 0 aliphatic heterocycles. The minimum Gasteiger partial charge on any atom is -0.481 e. The maximum absolute atomic E-state index is 10.3. The van der Waals surface area contributed by atoms with Gasteiger partial charge < -0.3 is 10.2 Å². The van der Waals surface area contributed by atoms with E-state index < -0.39 is 11.9 Å². The highest BCUT2D eigenvalue weighted by atomic mass is 16.4. The highest BCUT2D eigenvalue weighted by Gasteiger charge is 2.00. The molecule has 19 heavy (non-hydrogen) atoms. The van der Waals surface area contributed by atoms with Crippen LogP contribution in [-0.2, 0) is 9.59 Å². The number of hydrogen-bond acceptors (Lipinski definition) is 2. The molecule has 0 amide bonds. The molecule has 4 nitrogen and oxygen atoms in total. The molecule has 0 aliphatic carbocycles. The van der Waals surface area contributed by atoms with Gasteiger partial charge in [-0.25, -0.2) is 0 Å². The fourth-order valence-electron chi connectivity index (χ4n) is 1.88. The lowest BCUT2D eigenvalue weighted by Gasteiger charge is -2.04. The second-order valence-corrected chi connectivity index (χ2v) is 5.04. The van der Waals surface area contributed by atoms with Gasteiger partial charge in [-0.3, -0.25) is 9.59 Å². The van der Waals surface area contributed by atoms with Crippen molar-refractivity contribution in [2.45, 2.75) is 64.7 Å². The molecule has 0 rings (SSSR count). The molecule has 1 atom stereocenters. The Bertz CT molecular complexity index is 284. The summed E-state index contributed by atoms with van der Waals surface area (Å²) < 4.78 is 0. The molecule has 1 unspecified atom stereocenters. The molecule has 2 N–H and O–H groups in total. The Kier molecular flexibility index (Phi) is 10.9. The predicted molar refractivity (Wildman–Crippen MR) is 75.1 cm³/mol. The van der Waals surface area contributed by atoms with E-state index in [2.05, 4.69) is 19.1 Å². The van der Waals surface area contributed by atoms with Crippen LogP contribution < -0.4 is 0 Å². The van der Waals surface area contributed by atoms with Crippen molar-refractivity contribution < 1.29 is 19.8 Å². The monoisotopic (exact) mass is 270 g/mol. The summed E-state index contributed by atoms with van der Waals surface area (Å²) in [5, 5.41) is 17.0. The van der Waals surface area contributed by atoms with Crippen LogP contribution in [0, 0.1) is 5.92 Å². The number of carboxylic acids is 2. The number of carboxylic acid groups (broad SMARTS) is 2. The van der Waals surface area contributed by atoms with Gasteiger partial charge in [-0.15, -0.1) is 0 Å². The number of hydrogen-bond donors (Lipinski definition) is 2. The van der Waals surface area contributed by atoms with Crippen molar-refractivity contribution >= 4 is 11.9 Å². The first-order chi connectivity index (χ1) is 9.02. The van der Waals surface area contributed by atoms with Gasteiger partial charge in [-0.2, -0.15) is 0 Å². The molecule has 0 saturated heterocycles. The van der Waals surface area contributed by atoms with Crippen LogP contribution in [0.3, 0.4) is 0 Å². The van der Waals surface area contributed by atoms with Crippen molar-refractivity contribution in [2.75, 3.05) is 0 Å². The van der Waals surface area contributed by atoms with Crippen LogP contribution in [0.2, 0.25) is 0 Å². The minimum atomic E-state index is -0.718. The Morgan fingerprint density at radius 1 is 0.947 bits per heavy atom. The molecule has 0 spiro atoms. The van der Waals surface area contributed by atoms with Crippen LogP contribution in [0.15, 0.2) is 12.2 Å². The number of aliphatic carboxylic acids is 2. The van der Waals surface area contributed by atoms with Gasteiger partial charge >= 0.3 is 11.9 Å². The Morgan fingerprint density at radius 2 is 1.53 bits per heavy atom. The van der Waals surface area contributed by atoms with E-state index in [0.29, 0.717) is 5.92 Å². The molecular formula is C15H26O4. The first kappa shape index (κ1) is 17.7. The van der Waals surface area contributed by atoms with Crippen molar-refractivity contribution in [3.8, 4) is 0 Å². The van der Waals surface area contributed by atoms with Crippen molar-refractivity contribution in [3.63, 3.8) is 0 Å². The smallest absolute Gasteiger partial charge is 0.303 e. The van der Waals surface area contributed by atoms with Gasteiger partial charge in [0.25, 0.3) is 0 Å². The first-order valence-corrected chi connectivity index (χ1v) is 7.12. The topological polar surface area (TPSA) is 74.6 Å². The van der Waals surface area contributed by atoms with E-state index in [4.69, 9.17) is 10.2 Å². The Labute approximate surface area is 115 Å². The lowest BCUT2D eigenvalue weighted by molar-refractivity contribution is -0.138. The largest absolute Gasteiger partial charge is 0.481 e. The van der Waals surface area contributed by atoms with Crippen LogP contribution in [0.25, 0.3) is 0 Å². The quantitative estimate of drug-likeness (QED) is 0.417. The Hall–Kier alpha value is -1.32. The van der Waals surface area contributed by atoms with Crippen molar-refractivity contribution in [1.82, 2.24) is 0 Å². The van der Waals surface area contributed by atoms with Gasteiger partial charge in [0.2, 0.25) is 0 Å². The molecule has 0 aromatic rings. The second-order valence-electron chi connectivity index (χ2n) is 5.04. The van der Waals surface area contributed by atoms with Crippen LogP contribution in [0.1, 0.15) is 64.7 Å². The van der Waals surface area contributed by atoms with Gasteiger partial charge in [-0.05, 0) is 38.0 Å². The third-order valence-electron chi connectivity index (χ3n) is 3.03. The van der Waals surface area contributed by atoms with E-state index >= 15 is 0 Å². The molecule has 110 valence electrons. The number of unbranched alkanes of at least 4 members (excludes halogenated alkanes) is 4. The average molecular weight is 270 g/mol. The minimum absolute atomic E-state index is 0.264. The van der Waals surface area contributed by atoms with Gasteiger partial charge in [-0.1, -0.05) is 31.9 Å². The fourth-order valence-corrected chi connectivity index (χ4v) is 1.88. The highest BCUT2D eigenvalue weighted by Crippen LogP contribution is 2.12. The van der Waals surface area contributed by atoms with Crippen molar-refractivity contribution in [2.24, 2.45) is 5.92 Å². The molecular weight excluding hydrogens is 244 g/mol. The van der Waals surface area contributed by atoms with Crippen LogP contribution in [0.4, 0.5) is 0 Å². The predicted octanol–water partition coefficient (Wildman–Crippen LogP) is 3.86. The Morgan fingerprint density at radius 3 is 2.11 bits per heavy atom. The molecule has 0 aromatic heterocycles. The normalized spacial score (nSPS) is 12.7. The lowest BCUT2D eigenvalue weighted by atomic mass is 10.0. The standard InChI is InChI=1S/C15H26O4/c1-13(10-7-8-12-15(18)19)9-5-3-2-4-6-11-14(16)17/h5,9,13H,2-4,6-8,10-12H2,1H3,(H,16,17)(H,18,19)/b9-5+. The maximum Gasteiger partial charge on any atom is 0.303 e. The number of carbonyl (C=O) groups is 2. The zero-order valence-electron chi connectivity index (χ0n) is 11.8. The van der Waals surface area contributed by atoms with Crippen molar-refractivity contribution in [3.05, 3.63) is 12.2 Å². The lowest BCUT2D eigenvalue weighted by Crippen LogP contribution is -1.95. The summed E-state index contributed by atoms with van der Waals surface area (Å²) in [6.07, 6.45) is 11.4. The van der Waals surface area contributed by atoms with Crippen LogP contribution in [0.5, 0.6) is 0 Å². The van der Waals surface area contributed by atoms with Crippen LogP contribution in [-0.4, -0.2) is 22.2 Å². The van der Waals surface area contributed by atoms with E-state index in [1.54, 1.807) is 0 Å². The van der Waals surface area contributed by atoms with E-state index in [1.165, 1.54) is 0 Å². The second kappa shape index (κ2) is 11.8. The SMILES string of the molecule is CC(/C=C/CCCCCC(=O)O)CCCCC(=O)O. The third-order valence-corrected chi connectivity index (χ3v) is 3.03. The van der Waals surface area contributed by atoms with Gasteiger partial charge in [0.15, 0.2) is 0 Å². The molecule has 0 bridgehead atoms. The van der Waals surface area contributed by atoms with Crippen LogP contribution >= 0.6 is 0 Å². The molecule has 0 saturated carbocycles. The Balaban J connectivity index is 3.38. The van der Waals surface area contributed by atoms with E-state index in [-0.39, 0.29) is 12.8 Å². The molecule has 0 aliphatic rings. The summed E-state index contributed by atoms with van der Waals surface area (Å²) in [4.78, 5) is 20.6. The molecule has 0 heterocycles. The summed E-state index contributed by atoms with van der Waals surface area (Å²) in [5.41, 5.74) is 0. The summed E-state index contributed by atoms with van der Waals surface area (Å²) in [5.74, 6) is -0.942. The average Bonchev–Trinajstić information content (AvgIpc) is 2.33. The van der Waals surface area contributed by atoms with Crippen molar-refractivity contribution in [1.29, 1.82) is 0 Å². The maximum atomic E-state index is 10.3. The first-order valence-electron chi connectivity index (χ1n) is 7.12. The third kappa shape index (κ3) is 14.6. The molecule has 4 heteroatoms. The van der Waals surface area contributed by atoms with E-state index in [0.717, 1.165) is 44.9 Å². The van der Waals surface area contributed by atoms with Gasteiger partial charge in [0.05, 0.1) is 0 Å². The summed E-state index contributed by atoms with van der Waals surface area (Å²) >= 11 is 0. The molecule has 0 radical (unpaired) electrons. The fraction of sp³-hybridized carbons (Fsp3) is 0.733. The summed E-state index contributed by atoms with van der Waals surface area (Å²) in [6, 6.07) is 0. The van der Waals surface area contributed by atoms with E-state index in [1.807, 2.05) is 0 Å². The summed E-state index contributed by atoms with van der Waals surface area (Å²) in [6.45, 7) is 2.14. The summed E-state index contributed by atoms with van der Waals surface area (Å²) in [7, 11) is 0. The van der Waals surface area contributed by atoms with Gasteiger partial charge in [0, 0.05) is 12.8 Å². The highest BCUT2D eigenvalue weighted by molar-refractivity contribution is 5.66. The van der Waals surface area contributed by atoms with Gasteiger partial charge in [0.1, 0.15) is 0 Å². The zero-order chi connectivity index (χ0) is 14.5. The molecule has 0 fully saturated rings.